The van der Waals surface area contributed by atoms with Crippen LogP contribution < -0.4 is 0 Å². The highest BCUT2D eigenvalue weighted by atomic mass is 127. The van der Waals surface area contributed by atoms with Crippen LogP contribution in [0.3, 0.4) is 0 Å². The lowest BCUT2D eigenvalue weighted by Crippen LogP contribution is -2.08. The Hall–Kier alpha value is -0.450. The molecule has 1 atom stereocenters. The number of ketones is 1. The van der Waals surface area contributed by atoms with Crippen molar-refractivity contribution in [1.29, 1.82) is 0 Å². The maximum atomic E-state index is 12.4. The van der Waals surface area contributed by atoms with E-state index in [1.54, 1.807) is 0 Å². The minimum Gasteiger partial charge on any atom is -0.295 e. The van der Waals surface area contributed by atoms with E-state index in [-0.39, 0.29) is 12.2 Å². The van der Waals surface area contributed by atoms with Crippen LogP contribution in [0, 0.1) is 0 Å². The van der Waals surface area contributed by atoms with Crippen molar-refractivity contribution in [2.45, 2.75) is 17.0 Å². The molecule has 0 amide bonds. The van der Waals surface area contributed by atoms with Gasteiger partial charge in [0.15, 0.2) is 5.78 Å². The number of alkyl halides is 2. The molecule has 0 heterocycles. The van der Waals surface area contributed by atoms with Crippen molar-refractivity contribution in [1.82, 2.24) is 0 Å². The maximum Gasteiger partial charge on any atom is 0.208 e. The quantitative estimate of drug-likeness (QED) is 0.616. The second-order valence-corrected chi connectivity index (χ2v) is 3.85. The molecule has 0 saturated heterocycles. The largest absolute Gasteiger partial charge is 0.295 e. The third kappa shape index (κ3) is 3.85. The molecule has 3 heteroatoms. The van der Waals surface area contributed by atoms with Gasteiger partial charge in [-0.2, -0.15) is 0 Å². The zero-order valence-electron chi connectivity index (χ0n) is 7.04. The van der Waals surface area contributed by atoms with Crippen LogP contribution in [0.15, 0.2) is 30.3 Å². The van der Waals surface area contributed by atoms with Gasteiger partial charge in [0.2, 0.25) is 4.18 Å². The van der Waals surface area contributed by atoms with Crippen LogP contribution in [0.5, 0.6) is 0 Å². The minimum atomic E-state index is -1.36. The Morgan fingerprint density at radius 3 is 2.54 bits per heavy atom. The minimum absolute atomic E-state index is 0.286. The van der Waals surface area contributed by atoms with E-state index in [0.717, 1.165) is 5.56 Å². The van der Waals surface area contributed by atoms with Gasteiger partial charge in [-0.05, 0) is 34.6 Å². The number of halogens is 2. The molecule has 0 N–H and O–H groups in total. The summed E-state index contributed by atoms with van der Waals surface area (Å²) in [7, 11) is 0. The van der Waals surface area contributed by atoms with Gasteiger partial charge in [0, 0.05) is 6.42 Å². The average Bonchev–Trinajstić information content (AvgIpc) is 2.15. The van der Waals surface area contributed by atoms with Gasteiger partial charge in [-0.15, -0.1) is 0 Å². The van der Waals surface area contributed by atoms with Gasteiger partial charge in [-0.25, -0.2) is 4.39 Å². The number of carbonyl (C=O) groups excluding carboxylic acids is 1. The molecular weight excluding hydrogens is 282 g/mol. The van der Waals surface area contributed by atoms with Crippen LogP contribution in [0.2, 0.25) is 0 Å². The highest BCUT2D eigenvalue weighted by Crippen LogP contribution is 2.09. The average molecular weight is 292 g/mol. The first-order chi connectivity index (χ1) is 6.20. The number of benzene rings is 1. The van der Waals surface area contributed by atoms with Gasteiger partial charge in [-0.1, -0.05) is 30.3 Å². The van der Waals surface area contributed by atoms with E-state index in [1.807, 2.05) is 30.3 Å². The molecule has 1 aromatic rings. The zero-order valence-corrected chi connectivity index (χ0v) is 9.20. The second kappa shape index (κ2) is 5.32. The van der Waals surface area contributed by atoms with Crippen molar-refractivity contribution in [2.24, 2.45) is 0 Å². The summed E-state index contributed by atoms with van der Waals surface area (Å²) in [6.45, 7) is 0. The lowest BCUT2D eigenvalue weighted by molar-refractivity contribution is -0.120. The number of hydrogen-bond acceptors (Lipinski definition) is 1. The van der Waals surface area contributed by atoms with E-state index in [4.69, 9.17) is 0 Å². The summed E-state index contributed by atoms with van der Waals surface area (Å²) >= 11 is 1.49. The normalized spacial score (nSPS) is 12.5. The molecule has 1 nitrogen and oxygen atoms in total. The molecule has 1 rings (SSSR count). The number of carbonyl (C=O) groups is 1. The summed E-state index contributed by atoms with van der Waals surface area (Å²) in [5, 5.41) is 0. The molecular formula is C10H10FIO. The summed E-state index contributed by atoms with van der Waals surface area (Å²) < 4.78 is 11.1. The van der Waals surface area contributed by atoms with E-state index in [0.29, 0.717) is 6.42 Å². The molecule has 0 bridgehead atoms. The van der Waals surface area contributed by atoms with Gasteiger partial charge in [0.1, 0.15) is 0 Å². The maximum absolute atomic E-state index is 12.4. The van der Waals surface area contributed by atoms with Crippen molar-refractivity contribution in [3.8, 4) is 0 Å². The molecule has 13 heavy (non-hydrogen) atoms. The molecule has 0 saturated carbocycles. The summed E-state index contributed by atoms with van der Waals surface area (Å²) in [5.74, 6) is -0.329. The van der Waals surface area contributed by atoms with Gasteiger partial charge in [0.05, 0.1) is 0 Å². The molecule has 0 fully saturated rings. The Kier molecular flexibility index (Phi) is 4.35. The first kappa shape index (κ1) is 10.6. The number of rotatable bonds is 4. The molecule has 0 radical (unpaired) electrons. The van der Waals surface area contributed by atoms with Gasteiger partial charge in [0.25, 0.3) is 0 Å². The fraction of sp³-hybridized carbons (Fsp3) is 0.300. The van der Waals surface area contributed by atoms with Crippen molar-refractivity contribution < 1.29 is 9.18 Å². The zero-order chi connectivity index (χ0) is 9.68. The molecule has 0 aliphatic heterocycles. The van der Waals surface area contributed by atoms with Crippen molar-refractivity contribution in [3.05, 3.63) is 35.9 Å². The first-order valence-electron chi connectivity index (χ1n) is 4.05. The Morgan fingerprint density at radius 1 is 1.38 bits per heavy atom. The lowest BCUT2D eigenvalue weighted by atomic mass is 10.1. The molecule has 0 aliphatic rings. The highest BCUT2D eigenvalue weighted by Gasteiger charge is 2.11. The Labute approximate surface area is 90.5 Å². The molecule has 1 aromatic carbocycles. The van der Waals surface area contributed by atoms with Crippen molar-refractivity contribution >= 4 is 28.4 Å². The molecule has 70 valence electrons. The third-order valence-electron chi connectivity index (χ3n) is 1.75. The van der Waals surface area contributed by atoms with Crippen LogP contribution >= 0.6 is 22.6 Å². The molecule has 0 spiro atoms. The van der Waals surface area contributed by atoms with Gasteiger partial charge >= 0.3 is 0 Å². The van der Waals surface area contributed by atoms with Crippen LogP contribution in [-0.2, 0) is 11.2 Å². The molecule has 1 unspecified atom stereocenters. The SMILES string of the molecule is O=C(CCc1ccccc1)C(F)I. The van der Waals surface area contributed by atoms with E-state index in [1.165, 1.54) is 22.6 Å². The number of aryl methyl sites for hydroxylation is 1. The highest BCUT2D eigenvalue weighted by molar-refractivity contribution is 14.1. The van der Waals surface area contributed by atoms with Crippen LogP contribution in [0.25, 0.3) is 0 Å². The summed E-state index contributed by atoms with van der Waals surface area (Å²) in [6.07, 6.45) is 0.914. The topological polar surface area (TPSA) is 17.1 Å². The monoisotopic (exact) mass is 292 g/mol. The Morgan fingerprint density at radius 2 is 2.00 bits per heavy atom. The second-order valence-electron chi connectivity index (χ2n) is 2.75. The van der Waals surface area contributed by atoms with Gasteiger partial charge in [-0.3, -0.25) is 4.79 Å². The predicted octanol–water partition coefficient (Wildman–Crippen LogP) is 2.92. The molecule has 0 aromatic heterocycles. The van der Waals surface area contributed by atoms with E-state index >= 15 is 0 Å². The smallest absolute Gasteiger partial charge is 0.208 e. The summed E-state index contributed by atoms with van der Waals surface area (Å²) in [4.78, 5) is 10.9. The van der Waals surface area contributed by atoms with Gasteiger partial charge < -0.3 is 0 Å². The van der Waals surface area contributed by atoms with E-state index in [2.05, 4.69) is 0 Å². The van der Waals surface area contributed by atoms with Crippen molar-refractivity contribution in [3.63, 3.8) is 0 Å². The Balaban J connectivity index is 2.40. The third-order valence-corrected chi connectivity index (χ3v) is 2.44. The fourth-order valence-electron chi connectivity index (χ4n) is 1.02. The standard InChI is InChI=1S/C10H10FIO/c11-10(12)9(13)7-6-8-4-2-1-3-5-8/h1-5,10H,6-7H2. The predicted molar refractivity (Wildman–Crippen MR) is 58.7 cm³/mol. The van der Waals surface area contributed by atoms with Crippen LogP contribution in [-0.4, -0.2) is 9.96 Å². The summed E-state index contributed by atoms with van der Waals surface area (Å²) in [6, 6.07) is 9.62. The number of hydrogen-bond donors (Lipinski definition) is 0. The fourth-order valence-corrected chi connectivity index (χ4v) is 1.33. The summed E-state index contributed by atoms with van der Waals surface area (Å²) in [5.41, 5.74) is 1.08. The van der Waals surface area contributed by atoms with Crippen LogP contribution in [0.4, 0.5) is 4.39 Å². The van der Waals surface area contributed by atoms with Crippen LogP contribution in [0.1, 0.15) is 12.0 Å². The first-order valence-corrected chi connectivity index (χ1v) is 5.29. The van der Waals surface area contributed by atoms with E-state index in [9.17, 15) is 9.18 Å². The van der Waals surface area contributed by atoms with E-state index < -0.39 is 4.18 Å². The Bertz CT molecular complexity index is 272. The van der Waals surface area contributed by atoms with Crippen molar-refractivity contribution in [2.75, 3.05) is 0 Å². The molecule has 0 aliphatic carbocycles. The number of Topliss-reactive ketones (excluding diaryl/α,β-unsaturated/α-hetero) is 1. The lowest BCUT2D eigenvalue weighted by Gasteiger charge is -2.00.